The molecule has 0 bridgehead atoms. The van der Waals surface area contributed by atoms with Gasteiger partial charge in [-0.3, -0.25) is 0 Å². The molecule has 0 fully saturated rings. The van der Waals surface area contributed by atoms with Crippen molar-refractivity contribution in [1.82, 2.24) is 4.98 Å². The van der Waals surface area contributed by atoms with E-state index in [1.807, 2.05) is 24.3 Å². The van der Waals surface area contributed by atoms with E-state index >= 15 is 0 Å². The highest BCUT2D eigenvalue weighted by Crippen LogP contribution is 2.32. The smallest absolute Gasteiger partial charge is 0.143 e. The molecular weight excluding hydrogens is 260 g/mol. The van der Waals surface area contributed by atoms with Crippen molar-refractivity contribution < 1.29 is 4.74 Å². The van der Waals surface area contributed by atoms with Crippen molar-refractivity contribution in [2.75, 3.05) is 11.9 Å². The molecule has 1 aliphatic heterocycles. The number of fused-ring (bicyclic) bond motifs is 1. The fourth-order valence-electron chi connectivity index (χ4n) is 2.29. The third kappa shape index (κ3) is 2.82. The number of aryl methyl sites for hydroxylation is 1. The van der Waals surface area contributed by atoms with Crippen LogP contribution in [0.1, 0.15) is 17.5 Å². The molecule has 1 aromatic heterocycles. The monoisotopic (exact) mass is 274 g/mol. The molecule has 4 heteroatoms. The van der Waals surface area contributed by atoms with Gasteiger partial charge in [0.2, 0.25) is 0 Å². The minimum atomic E-state index is 0.495. The predicted molar refractivity (Wildman–Crippen MR) is 76.8 cm³/mol. The molecule has 1 aliphatic rings. The van der Waals surface area contributed by atoms with Crippen molar-refractivity contribution in [2.24, 2.45) is 0 Å². The summed E-state index contributed by atoms with van der Waals surface area (Å²) in [6.45, 7) is 1.51. The number of ether oxygens (including phenoxy) is 1. The quantitative estimate of drug-likeness (QED) is 0.867. The summed E-state index contributed by atoms with van der Waals surface area (Å²) >= 11 is 5.86. The first-order chi connectivity index (χ1) is 9.33. The van der Waals surface area contributed by atoms with E-state index in [0.29, 0.717) is 11.8 Å². The second kappa shape index (κ2) is 5.49. The second-order valence-corrected chi connectivity index (χ2v) is 4.98. The molecule has 2 aromatic rings. The van der Waals surface area contributed by atoms with E-state index in [4.69, 9.17) is 16.3 Å². The van der Waals surface area contributed by atoms with Crippen LogP contribution in [-0.4, -0.2) is 11.5 Å². The Morgan fingerprint density at radius 2 is 2.26 bits per heavy atom. The second-order valence-electron chi connectivity index (χ2n) is 4.60. The number of nitrogens with zero attached hydrogens (tertiary/aromatic N) is 1. The van der Waals surface area contributed by atoms with Gasteiger partial charge in [0, 0.05) is 12.7 Å². The van der Waals surface area contributed by atoms with Crippen LogP contribution in [0, 0.1) is 0 Å². The van der Waals surface area contributed by atoms with E-state index in [-0.39, 0.29) is 0 Å². The molecule has 0 aliphatic carbocycles. The number of hydrogen-bond acceptors (Lipinski definition) is 3. The first-order valence-electron chi connectivity index (χ1n) is 6.42. The number of pyridine rings is 1. The Kier molecular flexibility index (Phi) is 3.56. The molecule has 1 aromatic carbocycles. The van der Waals surface area contributed by atoms with Crippen LogP contribution in [-0.2, 0) is 13.0 Å². The van der Waals surface area contributed by atoms with Crippen LogP contribution in [0.5, 0.6) is 5.75 Å². The van der Waals surface area contributed by atoms with Gasteiger partial charge in [0.15, 0.2) is 0 Å². The lowest BCUT2D eigenvalue weighted by atomic mass is 10.0. The Labute approximate surface area is 117 Å². The Bertz CT molecular complexity index is 586. The summed E-state index contributed by atoms with van der Waals surface area (Å²) in [6, 6.07) is 9.93. The maximum absolute atomic E-state index is 5.90. The number of aromatic nitrogens is 1. The van der Waals surface area contributed by atoms with Crippen molar-refractivity contribution in [3.05, 3.63) is 52.8 Å². The van der Waals surface area contributed by atoms with Crippen molar-refractivity contribution >= 4 is 17.3 Å². The molecule has 2 heterocycles. The van der Waals surface area contributed by atoms with Crippen LogP contribution in [0.4, 0.5) is 5.69 Å². The molecule has 3 nitrogen and oxygen atoms in total. The molecule has 3 rings (SSSR count). The number of benzene rings is 1. The van der Waals surface area contributed by atoms with Crippen molar-refractivity contribution in [3.63, 3.8) is 0 Å². The molecular formula is C15H15ClN2O. The average molecular weight is 275 g/mol. The summed E-state index contributed by atoms with van der Waals surface area (Å²) in [6.07, 6.45) is 3.98. The van der Waals surface area contributed by atoms with Crippen LogP contribution in [0.15, 0.2) is 36.5 Å². The lowest BCUT2D eigenvalue weighted by Crippen LogP contribution is -2.13. The Hall–Kier alpha value is -1.74. The maximum atomic E-state index is 5.90. The van der Waals surface area contributed by atoms with Gasteiger partial charge >= 0.3 is 0 Å². The molecule has 0 spiro atoms. The summed E-state index contributed by atoms with van der Waals surface area (Å²) in [5, 5.41) is 3.91. The molecule has 0 saturated heterocycles. The third-order valence-corrected chi connectivity index (χ3v) is 3.43. The lowest BCUT2D eigenvalue weighted by molar-refractivity contribution is 0.307. The van der Waals surface area contributed by atoms with E-state index in [1.165, 1.54) is 12.0 Å². The Morgan fingerprint density at radius 3 is 3.16 bits per heavy atom. The van der Waals surface area contributed by atoms with Gasteiger partial charge in [-0.25, -0.2) is 4.98 Å². The van der Waals surface area contributed by atoms with Gasteiger partial charge in [-0.2, -0.15) is 0 Å². The number of rotatable bonds is 3. The zero-order chi connectivity index (χ0) is 13.1. The third-order valence-electron chi connectivity index (χ3n) is 3.22. The summed E-state index contributed by atoms with van der Waals surface area (Å²) in [5.74, 6) is 0.908. The maximum Gasteiger partial charge on any atom is 0.143 e. The standard InChI is InChI=1S/C15H15ClN2O/c16-14-9-11(6-8-17-14)10-19-13-5-1-3-12-4-2-7-18-15(12)13/h1,3,5-6,8-9,18H,2,4,7,10H2. The minimum Gasteiger partial charge on any atom is -0.487 e. The van der Waals surface area contributed by atoms with Gasteiger partial charge in [0.25, 0.3) is 0 Å². The Balaban J connectivity index is 1.77. The molecule has 0 saturated carbocycles. The lowest BCUT2D eigenvalue weighted by Gasteiger charge is -2.21. The van der Waals surface area contributed by atoms with E-state index in [2.05, 4.69) is 16.4 Å². The van der Waals surface area contributed by atoms with E-state index in [9.17, 15) is 0 Å². The highest BCUT2D eigenvalue weighted by molar-refractivity contribution is 6.29. The van der Waals surface area contributed by atoms with E-state index in [0.717, 1.165) is 30.0 Å². The first-order valence-corrected chi connectivity index (χ1v) is 6.80. The average Bonchev–Trinajstić information content (AvgIpc) is 2.45. The number of halogens is 1. The highest BCUT2D eigenvalue weighted by Gasteiger charge is 2.13. The normalized spacial score (nSPS) is 13.5. The van der Waals surface area contributed by atoms with Crippen molar-refractivity contribution in [2.45, 2.75) is 19.4 Å². The Morgan fingerprint density at radius 1 is 1.32 bits per heavy atom. The van der Waals surface area contributed by atoms with Crippen LogP contribution in [0.3, 0.4) is 0 Å². The summed E-state index contributed by atoms with van der Waals surface area (Å²) in [4.78, 5) is 3.96. The fourth-order valence-corrected chi connectivity index (χ4v) is 2.49. The van der Waals surface area contributed by atoms with Gasteiger partial charge < -0.3 is 10.1 Å². The van der Waals surface area contributed by atoms with Crippen molar-refractivity contribution in [1.29, 1.82) is 0 Å². The van der Waals surface area contributed by atoms with Gasteiger partial charge in [-0.05, 0) is 42.2 Å². The predicted octanol–water partition coefficient (Wildman–Crippen LogP) is 3.67. The van der Waals surface area contributed by atoms with Crippen LogP contribution < -0.4 is 10.1 Å². The molecule has 98 valence electrons. The number of para-hydroxylation sites is 1. The first kappa shape index (κ1) is 12.3. The van der Waals surface area contributed by atoms with Gasteiger partial charge in [0.05, 0.1) is 5.69 Å². The SMILES string of the molecule is Clc1cc(COc2cccc3c2NCCC3)ccn1. The molecule has 1 N–H and O–H groups in total. The topological polar surface area (TPSA) is 34.1 Å². The van der Waals surface area contributed by atoms with Crippen molar-refractivity contribution in [3.8, 4) is 5.75 Å². The number of nitrogens with one attached hydrogen (secondary N) is 1. The summed E-state index contributed by atoms with van der Waals surface area (Å²) < 4.78 is 5.90. The van der Waals surface area contributed by atoms with E-state index < -0.39 is 0 Å². The molecule has 0 amide bonds. The number of hydrogen-bond donors (Lipinski definition) is 1. The van der Waals surface area contributed by atoms with Gasteiger partial charge in [0.1, 0.15) is 17.5 Å². The van der Waals surface area contributed by atoms with Crippen LogP contribution >= 0.6 is 11.6 Å². The molecule has 0 atom stereocenters. The van der Waals surface area contributed by atoms with Gasteiger partial charge in [-0.15, -0.1) is 0 Å². The number of anilines is 1. The van der Waals surface area contributed by atoms with Gasteiger partial charge in [-0.1, -0.05) is 23.7 Å². The molecule has 0 radical (unpaired) electrons. The van der Waals surface area contributed by atoms with Crippen LogP contribution in [0.2, 0.25) is 5.15 Å². The minimum absolute atomic E-state index is 0.495. The van der Waals surface area contributed by atoms with E-state index in [1.54, 1.807) is 6.20 Å². The largest absolute Gasteiger partial charge is 0.487 e. The zero-order valence-electron chi connectivity index (χ0n) is 10.5. The molecule has 0 unspecified atom stereocenters. The fraction of sp³-hybridized carbons (Fsp3) is 0.267. The van der Waals surface area contributed by atoms with Crippen LogP contribution in [0.25, 0.3) is 0 Å². The summed E-state index contributed by atoms with van der Waals surface area (Å²) in [5.41, 5.74) is 3.49. The molecule has 19 heavy (non-hydrogen) atoms. The zero-order valence-corrected chi connectivity index (χ0v) is 11.3. The highest BCUT2D eigenvalue weighted by atomic mass is 35.5. The summed E-state index contributed by atoms with van der Waals surface area (Å²) in [7, 11) is 0.